The second-order valence-electron chi connectivity index (χ2n) is 7.48. The van der Waals surface area contributed by atoms with E-state index in [1.807, 2.05) is 23.5 Å². The van der Waals surface area contributed by atoms with Crippen molar-refractivity contribution in [3.05, 3.63) is 46.5 Å². The number of guanidine groups is 1. The van der Waals surface area contributed by atoms with Crippen molar-refractivity contribution in [2.24, 2.45) is 10.9 Å². The van der Waals surface area contributed by atoms with E-state index in [0.717, 1.165) is 37.8 Å². The van der Waals surface area contributed by atoms with Gasteiger partial charge in [0.15, 0.2) is 5.96 Å². The molecule has 0 aromatic carbocycles. The number of aliphatic imine (C=N–C) groups is 1. The molecule has 6 nitrogen and oxygen atoms in total. The Bertz CT molecular complexity index is 709. The van der Waals surface area contributed by atoms with Crippen LogP contribution in [0.1, 0.15) is 42.9 Å². The van der Waals surface area contributed by atoms with Gasteiger partial charge in [0.25, 0.3) is 0 Å². The van der Waals surface area contributed by atoms with E-state index in [-0.39, 0.29) is 24.0 Å². The Morgan fingerprint density at radius 1 is 1.33 bits per heavy atom. The van der Waals surface area contributed by atoms with Crippen molar-refractivity contribution in [2.45, 2.75) is 38.8 Å². The zero-order valence-electron chi connectivity index (χ0n) is 18.0. The molecule has 0 saturated carbocycles. The SMILES string of the molecule is CCNC(=NCC1CCCN(C)C1c1cccs1)NCCCOCc1ccco1.I. The van der Waals surface area contributed by atoms with Gasteiger partial charge in [-0.15, -0.1) is 35.3 Å². The third-order valence-corrected chi connectivity index (χ3v) is 6.20. The summed E-state index contributed by atoms with van der Waals surface area (Å²) >= 11 is 1.86. The predicted octanol–water partition coefficient (Wildman–Crippen LogP) is 4.50. The van der Waals surface area contributed by atoms with Crippen LogP contribution >= 0.6 is 35.3 Å². The fourth-order valence-electron chi connectivity index (χ4n) is 3.86. The maximum atomic E-state index is 5.64. The molecule has 1 fully saturated rings. The Hall–Kier alpha value is -1.10. The highest BCUT2D eigenvalue weighted by atomic mass is 127. The molecule has 1 aliphatic rings. The molecule has 2 aromatic rings. The molecule has 0 aliphatic carbocycles. The number of furan rings is 1. The van der Waals surface area contributed by atoms with Gasteiger partial charge in [-0.1, -0.05) is 6.07 Å². The summed E-state index contributed by atoms with van der Waals surface area (Å²) < 4.78 is 10.9. The lowest BCUT2D eigenvalue weighted by atomic mass is 9.88. The molecule has 3 rings (SSSR count). The molecule has 0 amide bonds. The topological polar surface area (TPSA) is 62.0 Å². The molecule has 0 bridgehead atoms. The van der Waals surface area contributed by atoms with E-state index in [1.54, 1.807) is 6.26 Å². The minimum atomic E-state index is 0. The number of hydrogen-bond acceptors (Lipinski definition) is 5. The lowest BCUT2D eigenvalue weighted by Crippen LogP contribution is -2.40. The summed E-state index contributed by atoms with van der Waals surface area (Å²) in [6.07, 6.45) is 5.08. The van der Waals surface area contributed by atoms with Gasteiger partial charge in [0.2, 0.25) is 0 Å². The fraction of sp³-hybridized carbons (Fsp3) is 0.591. The first-order valence-corrected chi connectivity index (χ1v) is 11.5. The van der Waals surface area contributed by atoms with Crippen LogP contribution in [-0.4, -0.2) is 50.7 Å². The number of hydrogen-bond donors (Lipinski definition) is 2. The highest BCUT2D eigenvalue weighted by molar-refractivity contribution is 14.0. The van der Waals surface area contributed by atoms with E-state index in [9.17, 15) is 0 Å². The van der Waals surface area contributed by atoms with Crippen LogP contribution in [0.2, 0.25) is 0 Å². The first-order valence-electron chi connectivity index (χ1n) is 10.6. The molecular weight excluding hydrogens is 511 g/mol. The van der Waals surface area contributed by atoms with Gasteiger partial charge in [0.05, 0.1) is 6.26 Å². The van der Waals surface area contributed by atoms with Crippen LogP contribution in [0.25, 0.3) is 0 Å². The molecule has 2 aromatic heterocycles. The van der Waals surface area contributed by atoms with Crippen LogP contribution in [0.4, 0.5) is 0 Å². The van der Waals surface area contributed by atoms with Crippen LogP contribution in [-0.2, 0) is 11.3 Å². The predicted molar refractivity (Wildman–Crippen MR) is 135 cm³/mol. The van der Waals surface area contributed by atoms with Crippen LogP contribution in [0.15, 0.2) is 45.3 Å². The van der Waals surface area contributed by atoms with E-state index in [1.165, 1.54) is 24.3 Å². The standard InChI is InChI=1S/C22H34N4O2S.HI/c1-3-23-22(24-11-7-13-27-17-19-9-5-14-28-19)25-16-18-8-4-12-26(2)21(18)20-10-6-15-29-20;/h5-6,9-10,14-15,18,21H,3-4,7-8,11-13,16-17H2,1-2H3,(H2,23,24,25);1H. The minimum absolute atomic E-state index is 0. The molecule has 8 heteroatoms. The first kappa shape index (κ1) is 25.2. The molecular formula is C22H35IN4O2S. The minimum Gasteiger partial charge on any atom is -0.467 e. The number of nitrogens with one attached hydrogen (secondary N) is 2. The molecule has 2 N–H and O–H groups in total. The lowest BCUT2D eigenvalue weighted by molar-refractivity contribution is 0.105. The van der Waals surface area contributed by atoms with Crippen molar-refractivity contribution in [3.8, 4) is 0 Å². The zero-order chi connectivity index (χ0) is 20.3. The lowest BCUT2D eigenvalue weighted by Gasteiger charge is -2.38. The van der Waals surface area contributed by atoms with Crippen molar-refractivity contribution < 1.29 is 9.15 Å². The second kappa shape index (κ2) is 14.1. The van der Waals surface area contributed by atoms with Gasteiger partial charge in [-0.05, 0) is 69.3 Å². The second-order valence-corrected chi connectivity index (χ2v) is 8.45. The Morgan fingerprint density at radius 2 is 2.23 bits per heavy atom. The summed E-state index contributed by atoms with van der Waals surface area (Å²) in [4.78, 5) is 8.86. The molecule has 2 unspecified atom stereocenters. The van der Waals surface area contributed by atoms with Gasteiger partial charge >= 0.3 is 0 Å². The normalized spacial score (nSPS) is 20.0. The zero-order valence-corrected chi connectivity index (χ0v) is 21.2. The molecule has 2 atom stereocenters. The van der Waals surface area contributed by atoms with Gasteiger partial charge in [0, 0.05) is 37.2 Å². The van der Waals surface area contributed by atoms with Gasteiger partial charge < -0.3 is 19.8 Å². The number of likely N-dealkylation sites (tertiary alicyclic amines) is 1. The van der Waals surface area contributed by atoms with Crippen LogP contribution in [0.5, 0.6) is 0 Å². The van der Waals surface area contributed by atoms with Crippen LogP contribution in [0, 0.1) is 5.92 Å². The summed E-state index contributed by atoms with van der Waals surface area (Å²) in [5, 5.41) is 8.99. The smallest absolute Gasteiger partial charge is 0.191 e. The number of ether oxygens (including phenoxy) is 1. The van der Waals surface area contributed by atoms with Crippen molar-refractivity contribution in [3.63, 3.8) is 0 Å². The molecule has 3 heterocycles. The average molecular weight is 547 g/mol. The third kappa shape index (κ3) is 7.86. The Kier molecular flexibility index (Phi) is 11.8. The summed E-state index contributed by atoms with van der Waals surface area (Å²) in [7, 11) is 2.24. The average Bonchev–Trinajstić information content (AvgIpc) is 3.42. The monoisotopic (exact) mass is 546 g/mol. The van der Waals surface area contributed by atoms with Crippen molar-refractivity contribution in [1.29, 1.82) is 0 Å². The first-order chi connectivity index (χ1) is 14.3. The van der Waals surface area contributed by atoms with E-state index >= 15 is 0 Å². The summed E-state index contributed by atoms with van der Waals surface area (Å²) in [6.45, 7) is 7.03. The van der Waals surface area contributed by atoms with Gasteiger partial charge in [0.1, 0.15) is 12.4 Å². The molecule has 0 radical (unpaired) electrons. The van der Waals surface area contributed by atoms with Gasteiger partial charge in [-0.3, -0.25) is 9.89 Å². The number of halogens is 1. The molecule has 1 saturated heterocycles. The number of rotatable bonds is 10. The number of thiophene rings is 1. The highest BCUT2D eigenvalue weighted by Gasteiger charge is 2.31. The highest BCUT2D eigenvalue weighted by Crippen LogP contribution is 2.37. The summed E-state index contributed by atoms with van der Waals surface area (Å²) in [5.74, 6) is 2.32. The third-order valence-electron chi connectivity index (χ3n) is 5.25. The Morgan fingerprint density at radius 3 is 2.97 bits per heavy atom. The van der Waals surface area contributed by atoms with Crippen LogP contribution < -0.4 is 10.6 Å². The quantitative estimate of drug-likeness (QED) is 0.199. The van der Waals surface area contributed by atoms with E-state index in [2.05, 4.69) is 47.0 Å². The molecule has 0 spiro atoms. The van der Waals surface area contributed by atoms with Crippen molar-refractivity contribution in [1.82, 2.24) is 15.5 Å². The van der Waals surface area contributed by atoms with Crippen molar-refractivity contribution >= 4 is 41.3 Å². The summed E-state index contributed by atoms with van der Waals surface area (Å²) in [5.41, 5.74) is 0. The van der Waals surface area contributed by atoms with Gasteiger partial charge in [-0.25, -0.2) is 0 Å². The molecule has 30 heavy (non-hydrogen) atoms. The Balaban J connectivity index is 0.00000320. The summed E-state index contributed by atoms with van der Waals surface area (Å²) in [6, 6.07) is 8.71. The van der Waals surface area contributed by atoms with Crippen LogP contribution in [0.3, 0.4) is 0 Å². The number of piperidine rings is 1. The largest absolute Gasteiger partial charge is 0.467 e. The van der Waals surface area contributed by atoms with E-state index in [0.29, 0.717) is 25.2 Å². The number of nitrogens with zero attached hydrogens (tertiary/aromatic N) is 2. The Labute approximate surface area is 201 Å². The van der Waals surface area contributed by atoms with E-state index < -0.39 is 0 Å². The fourth-order valence-corrected chi connectivity index (χ4v) is 4.84. The maximum Gasteiger partial charge on any atom is 0.191 e. The molecule has 168 valence electrons. The van der Waals surface area contributed by atoms with Crippen molar-refractivity contribution in [2.75, 3.05) is 39.8 Å². The van der Waals surface area contributed by atoms with E-state index in [4.69, 9.17) is 14.1 Å². The molecule has 1 aliphatic heterocycles. The van der Waals surface area contributed by atoms with Gasteiger partial charge in [-0.2, -0.15) is 0 Å². The maximum absolute atomic E-state index is 5.64.